The molecule has 96 valence electrons. The van der Waals surface area contributed by atoms with Crippen molar-refractivity contribution < 1.29 is 0 Å². The predicted octanol–water partition coefficient (Wildman–Crippen LogP) is 2.82. The number of hydrogen-bond donors (Lipinski definition) is 1. The number of hydrogen-bond acceptors (Lipinski definition) is 2. The van der Waals surface area contributed by atoms with E-state index in [1.54, 1.807) is 0 Å². The zero-order chi connectivity index (χ0) is 13.0. The second kappa shape index (κ2) is 5.83. The van der Waals surface area contributed by atoms with Crippen molar-refractivity contribution in [1.29, 1.82) is 0 Å². The molecule has 0 aliphatic carbocycles. The van der Waals surface area contributed by atoms with Gasteiger partial charge >= 0.3 is 0 Å². The summed E-state index contributed by atoms with van der Waals surface area (Å²) in [6.45, 7) is 5.31. The molecule has 1 unspecified atom stereocenters. The van der Waals surface area contributed by atoms with E-state index in [1.807, 2.05) is 17.9 Å². The van der Waals surface area contributed by atoms with Gasteiger partial charge < -0.3 is 5.32 Å². The number of aromatic nitrogens is 2. The Kier molecular flexibility index (Phi) is 4.15. The summed E-state index contributed by atoms with van der Waals surface area (Å²) in [5.74, 6) is 0. The van der Waals surface area contributed by atoms with Crippen LogP contribution in [0.2, 0.25) is 0 Å². The second-order valence-corrected chi connectivity index (χ2v) is 4.61. The van der Waals surface area contributed by atoms with Crippen LogP contribution in [0.25, 0.3) is 0 Å². The van der Waals surface area contributed by atoms with E-state index in [0.717, 1.165) is 13.0 Å². The van der Waals surface area contributed by atoms with Crippen molar-refractivity contribution in [1.82, 2.24) is 15.1 Å². The summed E-state index contributed by atoms with van der Waals surface area (Å²) in [6, 6.07) is 10.8. The van der Waals surface area contributed by atoms with Gasteiger partial charge in [-0.05, 0) is 25.5 Å². The first-order valence-corrected chi connectivity index (χ1v) is 6.51. The Balaban J connectivity index is 2.34. The van der Waals surface area contributed by atoms with Crippen LogP contribution in [-0.2, 0) is 7.05 Å². The van der Waals surface area contributed by atoms with Crippen molar-refractivity contribution in [3.8, 4) is 0 Å². The van der Waals surface area contributed by atoms with Crippen LogP contribution in [-0.4, -0.2) is 16.3 Å². The highest BCUT2D eigenvalue weighted by Gasteiger charge is 2.17. The van der Waals surface area contributed by atoms with Gasteiger partial charge in [0.2, 0.25) is 0 Å². The van der Waals surface area contributed by atoms with Crippen molar-refractivity contribution in [3.05, 3.63) is 53.3 Å². The van der Waals surface area contributed by atoms with Gasteiger partial charge in [0, 0.05) is 18.3 Å². The molecule has 0 radical (unpaired) electrons. The first-order chi connectivity index (χ1) is 8.74. The van der Waals surface area contributed by atoms with E-state index >= 15 is 0 Å². The lowest BCUT2D eigenvalue weighted by Crippen LogP contribution is -2.23. The SMILES string of the molecule is CCCNC(c1ccccc1)c1cnn(C)c1C. The summed E-state index contributed by atoms with van der Waals surface area (Å²) in [5.41, 5.74) is 3.77. The molecule has 2 rings (SSSR count). The van der Waals surface area contributed by atoms with Gasteiger partial charge in [-0.3, -0.25) is 4.68 Å². The molecule has 1 aromatic heterocycles. The Morgan fingerprint density at radius 1 is 1.28 bits per heavy atom. The summed E-state index contributed by atoms with van der Waals surface area (Å²) >= 11 is 0. The lowest BCUT2D eigenvalue weighted by molar-refractivity contribution is 0.594. The van der Waals surface area contributed by atoms with Crippen molar-refractivity contribution in [3.63, 3.8) is 0 Å². The van der Waals surface area contributed by atoms with E-state index < -0.39 is 0 Å². The van der Waals surface area contributed by atoms with Crippen LogP contribution in [0.15, 0.2) is 36.5 Å². The molecular formula is C15H21N3. The third kappa shape index (κ3) is 2.62. The third-order valence-corrected chi connectivity index (χ3v) is 3.32. The monoisotopic (exact) mass is 243 g/mol. The molecule has 0 saturated carbocycles. The van der Waals surface area contributed by atoms with Crippen LogP contribution in [0, 0.1) is 6.92 Å². The van der Waals surface area contributed by atoms with E-state index in [2.05, 4.69) is 54.6 Å². The minimum absolute atomic E-state index is 0.236. The maximum absolute atomic E-state index is 4.35. The maximum atomic E-state index is 4.35. The van der Waals surface area contributed by atoms with Crippen LogP contribution in [0.1, 0.15) is 36.2 Å². The Hall–Kier alpha value is -1.61. The average molecular weight is 243 g/mol. The fourth-order valence-corrected chi connectivity index (χ4v) is 2.14. The first-order valence-electron chi connectivity index (χ1n) is 6.51. The van der Waals surface area contributed by atoms with E-state index in [1.165, 1.54) is 16.8 Å². The molecule has 0 fully saturated rings. The van der Waals surface area contributed by atoms with E-state index in [9.17, 15) is 0 Å². The molecule has 0 spiro atoms. The van der Waals surface area contributed by atoms with Gasteiger partial charge in [-0.1, -0.05) is 37.3 Å². The standard InChI is InChI=1S/C15H21N3/c1-4-10-16-15(13-8-6-5-7-9-13)14-11-17-18(3)12(14)2/h5-9,11,15-16H,4,10H2,1-3H3. The van der Waals surface area contributed by atoms with E-state index in [4.69, 9.17) is 0 Å². The summed E-state index contributed by atoms with van der Waals surface area (Å²) in [4.78, 5) is 0. The van der Waals surface area contributed by atoms with Crippen molar-refractivity contribution in [2.24, 2.45) is 7.05 Å². The number of benzene rings is 1. The van der Waals surface area contributed by atoms with Crippen LogP contribution < -0.4 is 5.32 Å². The van der Waals surface area contributed by atoms with Crippen molar-refractivity contribution in [2.45, 2.75) is 26.3 Å². The minimum Gasteiger partial charge on any atom is -0.306 e. The zero-order valence-corrected chi connectivity index (χ0v) is 11.4. The lowest BCUT2D eigenvalue weighted by Gasteiger charge is -2.19. The highest BCUT2D eigenvalue weighted by molar-refractivity contribution is 5.32. The molecule has 3 nitrogen and oxygen atoms in total. The summed E-state index contributed by atoms with van der Waals surface area (Å²) < 4.78 is 1.93. The lowest BCUT2D eigenvalue weighted by atomic mass is 9.99. The average Bonchev–Trinajstić information content (AvgIpc) is 2.73. The normalized spacial score (nSPS) is 12.6. The summed E-state index contributed by atoms with van der Waals surface area (Å²) in [5, 5.41) is 7.95. The van der Waals surface area contributed by atoms with E-state index in [0.29, 0.717) is 0 Å². The van der Waals surface area contributed by atoms with Gasteiger partial charge in [0.25, 0.3) is 0 Å². The smallest absolute Gasteiger partial charge is 0.0610 e. The van der Waals surface area contributed by atoms with Gasteiger partial charge in [-0.15, -0.1) is 0 Å². The molecule has 0 aliphatic rings. The molecule has 0 amide bonds. The first kappa shape index (κ1) is 12.8. The molecule has 1 atom stereocenters. The van der Waals surface area contributed by atoms with Gasteiger partial charge in [0.1, 0.15) is 0 Å². The number of nitrogens with zero attached hydrogens (tertiary/aromatic N) is 2. The minimum atomic E-state index is 0.236. The predicted molar refractivity (Wildman–Crippen MR) is 74.5 cm³/mol. The summed E-state index contributed by atoms with van der Waals surface area (Å²) in [7, 11) is 1.99. The van der Waals surface area contributed by atoms with Crippen LogP contribution in [0.3, 0.4) is 0 Å². The number of rotatable bonds is 5. The van der Waals surface area contributed by atoms with Crippen LogP contribution >= 0.6 is 0 Å². The fourth-order valence-electron chi connectivity index (χ4n) is 2.14. The second-order valence-electron chi connectivity index (χ2n) is 4.61. The highest BCUT2D eigenvalue weighted by Crippen LogP contribution is 2.24. The largest absolute Gasteiger partial charge is 0.306 e. The molecule has 2 aromatic rings. The van der Waals surface area contributed by atoms with E-state index in [-0.39, 0.29) is 6.04 Å². The van der Waals surface area contributed by atoms with Gasteiger partial charge in [-0.2, -0.15) is 5.10 Å². The Labute approximate surface area is 109 Å². The van der Waals surface area contributed by atoms with Crippen LogP contribution in [0.4, 0.5) is 0 Å². The molecule has 1 heterocycles. The highest BCUT2D eigenvalue weighted by atomic mass is 15.3. The molecule has 3 heteroatoms. The summed E-state index contributed by atoms with van der Waals surface area (Å²) in [6.07, 6.45) is 3.10. The Morgan fingerprint density at radius 3 is 2.56 bits per heavy atom. The van der Waals surface area contributed by atoms with Crippen LogP contribution in [0.5, 0.6) is 0 Å². The number of nitrogens with one attached hydrogen (secondary N) is 1. The Morgan fingerprint density at radius 2 is 2.00 bits per heavy atom. The molecule has 1 aromatic carbocycles. The van der Waals surface area contributed by atoms with Crippen molar-refractivity contribution >= 4 is 0 Å². The zero-order valence-electron chi connectivity index (χ0n) is 11.4. The molecule has 0 aliphatic heterocycles. The van der Waals surface area contributed by atoms with Gasteiger partial charge in [0.05, 0.1) is 12.2 Å². The molecule has 18 heavy (non-hydrogen) atoms. The Bertz CT molecular complexity index is 488. The molecule has 0 bridgehead atoms. The molecule has 1 N–H and O–H groups in total. The number of aryl methyl sites for hydroxylation is 1. The quantitative estimate of drug-likeness (QED) is 0.875. The fraction of sp³-hybridized carbons (Fsp3) is 0.400. The van der Waals surface area contributed by atoms with Gasteiger partial charge in [-0.25, -0.2) is 0 Å². The van der Waals surface area contributed by atoms with Gasteiger partial charge in [0.15, 0.2) is 0 Å². The molecule has 0 saturated heterocycles. The topological polar surface area (TPSA) is 29.9 Å². The molecular weight excluding hydrogens is 222 g/mol. The third-order valence-electron chi connectivity index (χ3n) is 3.32. The van der Waals surface area contributed by atoms with Crippen molar-refractivity contribution in [2.75, 3.05) is 6.54 Å². The maximum Gasteiger partial charge on any atom is 0.0610 e.